The minimum absolute atomic E-state index is 0.0799. The Hall–Kier alpha value is -0.260. The van der Waals surface area contributed by atoms with Crippen molar-refractivity contribution in [1.29, 1.82) is 0 Å². The van der Waals surface area contributed by atoms with Crippen LogP contribution in [-0.4, -0.2) is 0 Å². The summed E-state index contributed by atoms with van der Waals surface area (Å²) in [4.78, 5) is 0. The van der Waals surface area contributed by atoms with E-state index >= 15 is 0 Å². The van der Waals surface area contributed by atoms with E-state index in [-0.39, 0.29) is 43.3 Å². The highest BCUT2D eigenvalue weighted by Crippen LogP contribution is 2.72. The third kappa shape index (κ3) is 3.96. The monoisotopic (exact) mass is 449 g/mol. The maximum absolute atomic E-state index is 2.56. The highest BCUT2D eigenvalue weighted by molar-refractivity contribution is 5.23. The SMILES string of the molecule is CC(C)=C(C)C(C)(C)C(C)(C)C(C)(C)C(C)(C)C(C)(C)C(C)(C)C(C)(C)C(C)(C)C(C)C. The Labute approximate surface area is 205 Å². The molecule has 0 aromatic carbocycles. The summed E-state index contributed by atoms with van der Waals surface area (Å²) in [5.41, 5.74) is 3.92. The normalized spacial score (nSPS) is 15.9. The quantitative estimate of drug-likeness (QED) is 0.307. The van der Waals surface area contributed by atoms with E-state index in [1.54, 1.807) is 0 Å². The molecule has 0 nitrogen and oxygen atoms in total. The van der Waals surface area contributed by atoms with E-state index < -0.39 is 0 Å². The molecule has 0 N–H and O–H groups in total. The van der Waals surface area contributed by atoms with Crippen LogP contribution in [0.1, 0.15) is 145 Å². The molecule has 0 radical (unpaired) electrons. The zero-order valence-electron chi connectivity index (χ0n) is 26.6. The van der Waals surface area contributed by atoms with Gasteiger partial charge in [0.2, 0.25) is 0 Å². The Bertz CT molecular complexity index is 692. The van der Waals surface area contributed by atoms with Gasteiger partial charge in [-0.25, -0.2) is 0 Å². The summed E-state index contributed by atoms with van der Waals surface area (Å²) in [6, 6.07) is 0. The molecule has 32 heavy (non-hydrogen) atoms. The van der Waals surface area contributed by atoms with Gasteiger partial charge in [-0.05, 0) is 70.0 Å². The Kier molecular flexibility index (Phi) is 8.38. The fourth-order valence-electron chi connectivity index (χ4n) is 6.53. The van der Waals surface area contributed by atoms with Crippen molar-refractivity contribution >= 4 is 0 Å². The molecule has 0 fully saturated rings. The van der Waals surface area contributed by atoms with Gasteiger partial charge in [-0.1, -0.05) is 136 Å². The van der Waals surface area contributed by atoms with E-state index in [9.17, 15) is 0 Å². The Morgan fingerprint density at radius 2 is 0.656 bits per heavy atom. The lowest BCUT2D eigenvalue weighted by Crippen LogP contribution is -2.63. The first-order chi connectivity index (χ1) is 13.5. The van der Waals surface area contributed by atoms with Crippen LogP contribution in [0.25, 0.3) is 0 Å². The minimum Gasteiger partial charge on any atom is -0.0769 e. The van der Waals surface area contributed by atoms with Crippen LogP contribution >= 0.6 is 0 Å². The van der Waals surface area contributed by atoms with E-state index in [4.69, 9.17) is 0 Å². The molecule has 0 saturated carbocycles. The second-order valence-corrected chi connectivity index (χ2v) is 15.9. The molecule has 0 bridgehead atoms. The molecule has 0 aromatic rings. The van der Waals surface area contributed by atoms with Crippen molar-refractivity contribution in [1.82, 2.24) is 0 Å². The number of hydrogen-bond donors (Lipinski definition) is 0. The van der Waals surface area contributed by atoms with E-state index in [1.165, 1.54) is 11.1 Å². The molecule has 0 heterocycles. The number of rotatable bonds is 9. The molecule has 0 atom stereocenters. The van der Waals surface area contributed by atoms with Gasteiger partial charge in [-0.3, -0.25) is 0 Å². The fourth-order valence-corrected chi connectivity index (χ4v) is 6.53. The molecule has 0 heteroatoms. The summed E-state index contributed by atoms with van der Waals surface area (Å²) in [5, 5.41) is 0. The maximum Gasteiger partial charge on any atom is -0.00885 e. The second kappa shape index (κ2) is 8.45. The smallest absolute Gasteiger partial charge is 0.00885 e. The van der Waals surface area contributed by atoms with Crippen molar-refractivity contribution in [2.24, 2.45) is 49.2 Å². The molecule has 0 unspecified atom stereocenters. The van der Waals surface area contributed by atoms with Gasteiger partial charge < -0.3 is 0 Å². The summed E-state index contributed by atoms with van der Waals surface area (Å²) >= 11 is 0. The molecule has 0 amide bonds. The molecule has 0 aromatic heterocycles. The lowest BCUT2D eigenvalue weighted by Gasteiger charge is -2.70. The Balaban J connectivity index is 6.98. The van der Waals surface area contributed by atoms with Crippen molar-refractivity contribution in [3.63, 3.8) is 0 Å². The van der Waals surface area contributed by atoms with Crippen molar-refractivity contribution in [3.05, 3.63) is 11.1 Å². The van der Waals surface area contributed by atoms with Crippen LogP contribution in [0, 0.1) is 49.2 Å². The van der Waals surface area contributed by atoms with E-state index in [2.05, 4.69) is 145 Å². The first kappa shape index (κ1) is 31.7. The zero-order valence-corrected chi connectivity index (χ0v) is 26.6. The topological polar surface area (TPSA) is 0 Å². The van der Waals surface area contributed by atoms with E-state index in [1.807, 2.05) is 0 Å². The third-order valence-corrected chi connectivity index (χ3v) is 14.1. The van der Waals surface area contributed by atoms with E-state index in [0.717, 1.165) is 0 Å². The predicted octanol–water partition coefficient (Wildman–Crippen LogP) is 11.2. The van der Waals surface area contributed by atoms with Crippen LogP contribution in [-0.2, 0) is 0 Å². The summed E-state index contributed by atoms with van der Waals surface area (Å²) in [6.45, 7) is 52.1. The fraction of sp³-hybridized carbons (Fsp3) is 0.938. The van der Waals surface area contributed by atoms with Gasteiger partial charge in [-0.15, -0.1) is 0 Å². The van der Waals surface area contributed by atoms with Gasteiger partial charge in [0.15, 0.2) is 0 Å². The summed E-state index contributed by atoms with van der Waals surface area (Å²) in [5.74, 6) is 0.624. The summed E-state index contributed by atoms with van der Waals surface area (Å²) < 4.78 is 0. The number of hydrogen-bond acceptors (Lipinski definition) is 0. The highest BCUT2D eigenvalue weighted by atomic mass is 14.7. The molecule has 0 saturated heterocycles. The maximum atomic E-state index is 2.56. The van der Waals surface area contributed by atoms with Gasteiger partial charge in [-0.2, -0.15) is 0 Å². The average Bonchev–Trinajstić information content (AvgIpc) is 2.59. The van der Waals surface area contributed by atoms with Crippen molar-refractivity contribution in [2.45, 2.75) is 145 Å². The largest absolute Gasteiger partial charge is 0.0769 e. The molecule has 0 rings (SSSR count). The van der Waals surface area contributed by atoms with Crippen LogP contribution in [0.4, 0.5) is 0 Å². The third-order valence-electron chi connectivity index (χ3n) is 14.1. The van der Waals surface area contributed by atoms with Crippen LogP contribution in [0.3, 0.4) is 0 Å². The lowest BCUT2D eigenvalue weighted by molar-refractivity contribution is -0.212. The molecule has 0 aliphatic heterocycles. The number of allylic oxidation sites excluding steroid dienone is 2. The van der Waals surface area contributed by atoms with E-state index in [0.29, 0.717) is 5.92 Å². The Morgan fingerprint density at radius 3 is 0.906 bits per heavy atom. The predicted molar refractivity (Wildman–Crippen MR) is 149 cm³/mol. The first-order valence-electron chi connectivity index (χ1n) is 13.2. The molecular weight excluding hydrogens is 384 g/mol. The Morgan fingerprint density at radius 1 is 0.406 bits per heavy atom. The van der Waals surface area contributed by atoms with Gasteiger partial charge in [0, 0.05) is 0 Å². The van der Waals surface area contributed by atoms with Gasteiger partial charge in [0.05, 0.1) is 0 Å². The second-order valence-electron chi connectivity index (χ2n) is 15.9. The van der Waals surface area contributed by atoms with Crippen molar-refractivity contribution in [3.8, 4) is 0 Å². The molecular formula is C32H64. The standard InChI is InChI=1S/C32H64/c1-22(2)24(5)26(8,9)28(12,13)30(16,17)32(20,21)31(18,19)29(14,15)27(10,11)25(6,7)23(3)4/h23H,1-21H3. The molecule has 0 spiro atoms. The van der Waals surface area contributed by atoms with Gasteiger partial charge in [0.25, 0.3) is 0 Å². The molecule has 0 aliphatic carbocycles. The van der Waals surface area contributed by atoms with Crippen molar-refractivity contribution < 1.29 is 0 Å². The lowest BCUT2D eigenvalue weighted by atomic mass is 9.35. The van der Waals surface area contributed by atoms with Crippen LogP contribution < -0.4 is 0 Å². The van der Waals surface area contributed by atoms with Crippen LogP contribution in [0.2, 0.25) is 0 Å². The van der Waals surface area contributed by atoms with Crippen LogP contribution in [0.15, 0.2) is 11.1 Å². The molecule has 0 aliphatic rings. The molecule has 192 valence electrons. The minimum atomic E-state index is 0.0799. The average molecular weight is 449 g/mol. The van der Waals surface area contributed by atoms with Crippen molar-refractivity contribution in [2.75, 3.05) is 0 Å². The first-order valence-corrected chi connectivity index (χ1v) is 13.2. The van der Waals surface area contributed by atoms with Gasteiger partial charge >= 0.3 is 0 Å². The summed E-state index contributed by atoms with van der Waals surface area (Å²) in [6.07, 6.45) is 0. The van der Waals surface area contributed by atoms with Crippen LogP contribution in [0.5, 0.6) is 0 Å². The highest BCUT2D eigenvalue weighted by Gasteiger charge is 2.65. The zero-order chi connectivity index (χ0) is 26.7. The summed E-state index contributed by atoms with van der Waals surface area (Å²) in [7, 11) is 0. The van der Waals surface area contributed by atoms with Gasteiger partial charge in [0.1, 0.15) is 0 Å².